The Morgan fingerprint density at radius 1 is 1.44 bits per heavy atom. The molecule has 0 spiro atoms. The summed E-state index contributed by atoms with van der Waals surface area (Å²) in [6.45, 7) is 5.00. The van der Waals surface area contributed by atoms with E-state index < -0.39 is 29.5 Å². The van der Waals surface area contributed by atoms with E-state index in [1.165, 1.54) is 0 Å². The first-order valence-corrected chi connectivity index (χ1v) is 6.08. The third-order valence-electron chi connectivity index (χ3n) is 3.47. The molecule has 2 rings (SSSR count). The summed E-state index contributed by atoms with van der Waals surface area (Å²) in [5, 5.41) is 9.15. The van der Waals surface area contributed by atoms with Crippen LogP contribution in [0.2, 0.25) is 0 Å². The number of piperidine rings is 1. The van der Waals surface area contributed by atoms with Crippen molar-refractivity contribution in [1.82, 2.24) is 4.90 Å². The van der Waals surface area contributed by atoms with Gasteiger partial charge in [0.15, 0.2) is 5.79 Å². The van der Waals surface area contributed by atoms with Crippen LogP contribution in [0.5, 0.6) is 0 Å². The van der Waals surface area contributed by atoms with Crippen molar-refractivity contribution in [2.45, 2.75) is 57.5 Å². The summed E-state index contributed by atoms with van der Waals surface area (Å²) in [5.74, 6) is -3.32. The number of hydrogen-bond donors (Lipinski definition) is 1. The summed E-state index contributed by atoms with van der Waals surface area (Å²) in [5.41, 5.74) is -0.766. The fourth-order valence-corrected chi connectivity index (χ4v) is 2.86. The van der Waals surface area contributed by atoms with Crippen molar-refractivity contribution in [1.29, 1.82) is 0 Å². The van der Waals surface area contributed by atoms with Crippen LogP contribution in [-0.4, -0.2) is 39.5 Å². The molecular formula is C12H18FNO4. The standard InChI is InChI=1S/C12H18FNO4/c1-11(2,3)18-10(17)14-8(9(15)16)7-4-5-12(14,13)6-7/h7-8H,4-6H2,1-3H3,(H,15,16)/t7-,8+,12+/m1/s1. The summed E-state index contributed by atoms with van der Waals surface area (Å²) >= 11 is 0. The number of carbonyl (C=O) groups excluding carboxylic acids is 1. The van der Waals surface area contributed by atoms with Gasteiger partial charge < -0.3 is 9.84 Å². The van der Waals surface area contributed by atoms with Crippen LogP contribution in [0.25, 0.3) is 0 Å². The lowest BCUT2D eigenvalue weighted by molar-refractivity contribution is -0.149. The van der Waals surface area contributed by atoms with Crippen molar-refractivity contribution in [2.24, 2.45) is 5.92 Å². The van der Waals surface area contributed by atoms with Crippen LogP contribution in [0.15, 0.2) is 0 Å². The predicted octanol–water partition coefficient (Wildman–Crippen LogP) is 2.16. The molecule has 3 atom stereocenters. The van der Waals surface area contributed by atoms with E-state index >= 15 is 0 Å². The van der Waals surface area contributed by atoms with Gasteiger partial charge in [-0.3, -0.25) is 4.90 Å². The Bertz CT molecular complexity index is 392. The molecule has 18 heavy (non-hydrogen) atoms. The van der Waals surface area contributed by atoms with Gasteiger partial charge in [0.05, 0.1) is 0 Å². The Balaban J connectivity index is 2.24. The number of halogens is 1. The van der Waals surface area contributed by atoms with Crippen molar-refractivity contribution in [3.05, 3.63) is 0 Å². The number of ether oxygens (including phenoxy) is 1. The van der Waals surface area contributed by atoms with E-state index in [1.54, 1.807) is 20.8 Å². The number of rotatable bonds is 1. The molecule has 1 saturated carbocycles. The van der Waals surface area contributed by atoms with E-state index in [4.69, 9.17) is 9.84 Å². The van der Waals surface area contributed by atoms with Crippen LogP contribution in [0.1, 0.15) is 40.0 Å². The van der Waals surface area contributed by atoms with Crippen molar-refractivity contribution in [3.63, 3.8) is 0 Å². The first-order valence-electron chi connectivity index (χ1n) is 6.08. The second-order valence-electron chi connectivity index (χ2n) is 6.05. The van der Waals surface area contributed by atoms with Crippen molar-refractivity contribution in [2.75, 3.05) is 0 Å². The van der Waals surface area contributed by atoms with Crippen LogP contribution in [0.3, 0.4) is 0 Å². The van der Waals surface area contributed by atoms with Crippen LogP contribution >= 0.6 is 0 Å². The molecule has 0 aromatic rings. The summed E-state index contributed by atoms with van der Waals surface area (Å²) in [4.78, 5) is 24.0. The first kappa shape index (κ1) is 13.1. The number of carbonyl (C=O) groups is 2. The fourth-order valence-electron chi connectivity index (χ4n) is 2.86. The maximum absolute atomic E-state index is 14.5. The second-order valence-corrected chi connectivity index (χ2v) is 6.05. The molecule has 2 fully saturated rings. The topological polar surface area (TPSA) is 66.8 Å². The Kier molecular flexibility index (Phi) is 2.79. The summed E-state index contributed by atoms with van der Waals surface area (Å²) in [7, 11) is 0. The number of carboxylic acids is 1. The third kappa shape index (κ3) is 2.04. The Morgan fingerprint density at radius 2 is 2.06 bits per heavy atom. The fraction of sp³-hybridized carbons (Fsp3) is 0.833. The number of alkyl halides is 1. The summed E-state index contributed by atoms with van der Waals surface area (Å²) in [6, 6.07) is -1.10. The Hall–Kier alpha value is -1.33. The molecule has 0 aromatic carbocycles. The molecule has 2 aliphatic rings. The zero-order valence-corrected chi connectivity index (χ0v) is 10.8. The smallest absolute Gasteiger partial charge is 0.413 e. The molecule has 5 nitrogen and oxygen atoms in total. The van der Waals surface area contributed by atoms with Gasteiger partial charge in [0.2, 0.25) is 0 Å². The Morgan fingerprint density at radius 3 is 2.56 bits per heavy atom. The zero-order chi connectivity index (χ0) is 13.7. The monoisotopic (exact) mass is 259 g/mol. The highest BCUT2D eigenvalue weighted by atomic mass is 19.1. The molecule has 1 saturated heterocycles. The van der Waals surface area contributed by atoms with E-state index in [2.05, 4.69) is 0 Å². The minimum absolute atomic E-state index is 0.100. The van der Waals surface area contributed by atoms with Gasteiger partial charge in [-0.15, -0.1) is 0 Å². The number of aliphatic carboxylic acids is 1. The molecule has 6 heteroatoms. The maximum atomic E-state index is 14.5. The molecule has 2 bridgehead atoms. The SMILES string of the molecule is CC(C)(C)OC(=O)N1[C@H](C(=O)O)[C@@H]2CC[C@@]1(F)C2. The average molecular weight is 259 g/mol. The largest absolute Gasteiger partial charge is 0.480 e. The summed E-state index contributed by atoms with van der Waals surface area (Å²) < 4.78 is 19.6. The highest BCUT2D eigenvalue weighted by molar-refractivity contribution is 5.82. The van der Waals surface area contributed by atoms with Gasteiger partial charge in [0.1, 0.15) is 11.6 Å². The highest BCUT2D eigenvalue weighted by Gasteiger charge is 2.62. The number of likely N-dealkylation sites (tertiary alicyclic amines) is 1. The van der Waals surface area contributed by atoms with E-state index in [9.17, 15) is 14.0 Å². The molecule has 1 N–H and O–H groups in total. The first-order chi connectivity index (χ1) is 8.14. The number of hydrogen-bond acceptors (Lipinski definition) is 3. The second kappa shape index (κ2) is 3.83. The van der Waals surface area contributed by atoms with Crippen LogP contribution in [-0.2, 0) is 9.53 Å². The minimum Gasteiger partial charge on any atom is -0.480 e. The van der Waals surface area contributed by atoms with Gasteiger partial charge in [0, 0.05) is 12.8 Å². The maximum Gasteiger partial charge on any atom is 0.413 e. The lowest BCUT2D eigenvalue weighted by Crippen LogP contribution is -2.54. The van der Waals surface area contributed by atoms with Gasteiger partial charge in [-0.25, -0.2) is 14.0 Å². The van der Waals surface area contributed by atoms with Crippen molar-refractivity contribution >= 4 is 12.1 Å². The number of fused-ring (bicyclic) bond motifs is 2. The van der Waals surface area contributed by atoms with Gasteiger partial charge >= 0.3 is 12.1 Å². The zero-order valence-electron chi connectivity index (χ0n) is 10.8. The highest BCUT2D eigenvalue weighted by Crippen LogP contribution is 2.51. The molecule has 0 unspecified atom stereocenters. The number of amides is 1. The lowest BCUT2D eigenvalue weighted by atomic mass is 9.99. The van der Waals surface area contributed by atoms with Crippen molar-refractivity contribution in [3.8, 4) is 0 Å². The molecule has 1 aliphatic heterocycles. The van der Waals surface area contributed by atoms with E-state index in [1.807, 2.05) is 0 Å². The van der Waals surface area contributed by atoms with Gasteiger partial charge in [-0.05, 0) is 33.1 Å². The van der Waals surface area contributed by atoms with Crippen LogP contribution in [0.4, 0.5) is 9.18 Å². The van der Waals surface area contributed by atoms with E-state index in [0.717, 1.165) is 4.90 Å². The van der Waals surface area contributed by atoms with Gasteiger partial charge in [0.25, 0.3) is 0 Å². The molecule has 0 aromatic heterocycles. The van der Waals surface area contributed by atoms with Crippen molar-refractivity contribution < 1.29 is 23.8 Å². The number of carboxylic acid groups (broad SMARTS) is 1. The normalized spacial score (nSPS) is 34.8. The molecule has 102 valence electrons. The molecule has 1 aliphatic carbocycles. The van der Waals surface area contributed by atoms with E-state index in [0.29, 0.717) is 6.42 Å². The van der Waals surface area contributed by atoms with Crippen LogP contribution < -0.4 is 0 Å². The summed E-state index contributed by atoms with van der Waals surface area (Å²) in [6.07, 6.45) is -0.0731. The molecule has 0 radical (unpaired) electrons. The minimum atomic E-state index is -1.85. The predicted molar refractivity (Wildman–Crippen MR) is 60.7 cm³/mol. The third-order valence-corrected chi connectivity index (χ3v) is 3.47. The Labute approximate surface area is 105 Å². The molecule has 1 heterocycles. The van der Waals surface area contributed by atoms with Crippen LogP contribution in [0, 0.1) is 5.92 Å². The molecule has 1 amide bonds. The van der Waals surface area contributed by atoms with E-state index in [-0.39, 0.29) is 18.8 Å². The van der Waals surface area contributed by atoms with Gasteiger partial charge in [-0.2, -0.15) is 0 Å². The lowest BCUT2D eigenvalue weighted by Gasteiger charge is -2.37. The molecular weight excluding hydrogens is 241 g/mol. The number of nitrogens with zero attached hydrogens (tertiary/aromatic N) is 1. The quantitative estimate of drug-likeness (QED) is 0.733. The average Bonchev–Trinajstić information content (AvgIpc) is 2.66. The van der Waals surface area contributed by atoms with Gasteiger partial charge in [-0.1, -0.05) is 0 Å².